The zero-order chi connectivity index (χ0) is 7.98. The molecule has 0 aliphatic heterocycles. The van der Waals surface area contributed by atoms with Crippen LogP contribution in [0.15, 0.2) is 10.2 Å². The molecule has 0 aromatic rings. The van der Waals surface area contributed by atoms with Gasteiger partial charge in [0.2, 0.25) is 5.91 Å². The molecule has 0 aliphatic carbocycles. The van der Waals surface area contributed by atoms with Gasteiger partial charge < -0.3 is 5.73 Å². The lowest BCUT2D eigenvalue weighted by molar-refractivity contribution is -0.118. The molecule has 1 unspecified atom stereocenters. The third-order valence-electron chi connectivity index (χ3n) is 1.25. The number of primary amides is 1. The zero-order valence-electron chi connectivity index (χ0n) is 6.01. The molecule has 0 rings (SSSR count). The van der Waals surface area contributed by atoms with Gasteiger partial charge in [0.15, 0.2) is 0 Å². The maximum atomic E-state index is 10.3. The molecule has 0 saturated heterocycles. The molecule has 1 atom stereocenters. The molecule has 0 aromatic carbocycles. The predicted octanol–water partition coefficient (Wildman–Crippen LogP) is 1.84. The van der Waals surface area contributed by atoms with Crippen molar-refractivity contribution in [3.63, 3.8) is 0 Å². The van der Waals surface area contributed by atoms with Gasteiger partial charge >= 0.3 is 0 Å². The van der Waals surface area contributed by atoms with E-state index >= 15 is 0 Å². The van der Waals surface area contributed by atoms with Gasteiger partial charge in [-0.05, 0) is 16.4 Å². The minimum absolute atomic E-state index is 0.214. The number of hydrogen-bond acceptors (Lipinski definition) is 1. The van der Waals surface area contributed by atoms with Crippen LogP contribution in [0.5, 0.6) is 0 Å². The van der Waals surface area contributed by atoms with Crippen LogP contribution in [0.4, 0.5) is 0 Å². The summed E-state index contributed by atoms with van der Waals surface area (Å²) in [4.78, 5) is 10.3. The first-order valence-corrected chi connectivity index (χ1v) is 4.46. The van der Waals surface area contributed by atoms with E-state index < -0.39 is 0 Å². The van der Waals surface area contributed by atoms with E-state index in [1.54, 1.807) is 0 Å². The van der Waals surface area contributed by atoms with Crippen LogP contribution in [0.3, 0.4) is 0 Å². The quantitative estimate of drug-likeness (QED) is 0.763. The van der Waals surface area contributed by atoms with Crippen molar-refractivity contribution in [2.45, 2.75) is 19.8 Å². The van der Waals surface area contributed by atoms with Crippen molar-refractivity contribution in [2.24, 2.45) is 11.7 Å². The van der Waals surface area contributed by atoms with E-state index in [0.29, 0.717) is 12.3 Å². The Morgan fingerprint density at radius 1 is 1.80 bits per heavy atom. The fraction of sp³-hybridized carbons (Fsp3) is 0.571. The van der Waals surface area contributed by atoms with Gasteiger partial charge in [0.1, 0.15) is 0 Å². The van der Waals surface area contributed by atoms with Gasteiger partial charge in [-0.3, -0.25) is 4.79 Å². The smallest absolute Gasteiger partial charge is 0.217 e. The second kappa shape index (κ2) is 5.70. The highest BCUT2D eigenvalue weighted by atomic mass is 127. The summed E-state index contributed by atoms with van der Waals surface area (Å²) in [5.74, 6) is 0.248. The fourth-order valence-electron chi connectivity index (χ4n) is 0.590. The highest BCUT2D eigenvalue weighted by molar-refractivity contribution is 14.1. The first kappa shape index (κ1) is 9.94. The minimum Gasteiger partial charge on any atom is -0.370 e. The summed E-state index contributed by atoms with van der Waals surface area (Å²) in [7, 11) is 0. The number of hydrogen-bond donors (Lipinski definition) is 1. The maximum Gasteiger partial charge on any atom is 0.217 e. The Morgan fingerprint density at radius 2 is 2.40 bits per heavy atom. The van der Waals surface area contributed by atoms with Crippen molar-refractivity contribution in [3.05, 3.63) is 10.2 Å². The largest absolute Gasteiger partial charge is 0.370 e. The van der Waals surface area contributed by atoms with Crippen molar-refractivity contribution in [1.82, 2.24) is 0 Å². The molecule has 3 heteroatoms. The predicted molar refractivity (Wildman–Crippen MR) is 50.8 cm³/mol. The molecule has 0 fully saturated rings. The van der Waals surface area contributed by atoms with Gasteiger partial charge in [0.25, 0.3) is 0 Å². The summed E-state index contributed by atoms with van der Waals surface area (Å²) in [6.07, 6.45) is 3.40. The van der Waals surface area contributed by atoms with Gasteiger partial charge in [0.05, 0.1) is 0 Å². The van der Waals surface area contributed by atoms with E-state index in [4.69, 9.17) is 5.73 Å². The van der Waals surface area contributed by atoms with E-state index in [2.05, 4.69) is 35.6 Å². The molecule has 0 heterocycles. The molecule has 0 aromatic heterocycles. The summed E-state index contributed by atoms with van der Waals surface area (Å²) in [5.41, 5.74) is 4.97. The maximum absolute atomic E-state index is 10.3. The van der Waals surface area contributed by atoms with Gasteiger partial charge in [-0.15, -0.1) is 0 Å². The van der Waals surface area contributed by atoms with E-state index in [0.717, 1.165) is 6.42 Å². The monoisotopic (exact) mass is 253 g/mol. The lowest BCUT2D eigenvalue weighted by atomic mass is 10.1. The van der Waals surface area contributed by atoms with Crippen LogP contribution in [0.1, 0.15) is 19.8 Å². The minimum atomic E-state index is -0.214. The highest BCUT2D eigenvalue weighted by Gasteiger charge is 1.98. The SMILES string of the molecule is CC(/C=C\I)CCC(N)=O. The molecular formula is C7H12INO. The molecule has 1 amide bonds. The van der Waals surface area contributed by atoms with Crippen LogP contribution in [0, 0.1) is 5.92 Å². The van der Waals surface area contributed by atoms with Crippen molar-refractivity contribution >= 4 is 28.5 Å². The highest BCUT2D eigenvalue weighted by Crippen LogP contribution is 2.07. The number of rotatable bonds is 4. The van der Waals surface area contributed by atoms with Crippen LogP contribution in [-0.4, -0.2) is 5.91 Å². The first-order valence-electron chi connectivity index (χ1n) is 3.22. The third kappa shape index (κ3) is 6.07. The normalized spacial score (nSPS) is 13.8. The standard InChI is InChI=1S/C7H12INO/c1-6(4-5-8)2-3-7(9)10/h4-6H,2-3H2,1H3,(H2,9,10)/b5-4-. The number of allylic oxidation sites excluding steroid dienone is 1. The Labute approximate surface area is 75.0 Å². The lowest BCUT2D eigenvalue weighted by Gasteiger charge is -2.01. The average Bonchev–Trinajstić information content (AvgIpc) is 1.85. The van der Waals surface area contributed by atoms with Gasteiger partial charge in [-0.2, -0.15) is 0 Å². The fourth-order valence-corrected chi connectivity index (χ4v) is 1.30. The van der Waals surface area contributed by atoms with E-state index in [-0.39, 0.29) is 5.91 Å². The second-order valence-electron chi connectivity index (χ2n) is 2.30. The molecule has 0 aliphatic rings. The van der Waals surface area contributed by atoms with Gasteiger partial charge in [-0.1, -0.05) is 35.6 Å². The number of carbonyl (C=O) groups is 1. The van der Waals surface area contributed by atoms with E-state index in [9.17, 15) is 4.79 Å². The summed E-state index contributed by atoms with van der Waals surface area (Å²) in [6.45, 7) is 2.07. The molecule has 2 N–H and O–H groups in total. The Kier molecular flexibility index (Phi) is 5.67. The molecule has 0 saturated carbocycles. The number of carbonyl (C=O) groups excluding carboxylic acids is 1. The van der Waals surface area contributed by atoms with Crippen molar-refractivity contribution < 1.29 is 4.79 Å². The number of amides is 1. The van der Waals surface area contributed by atoms with Crippen molar-refractivity contribution in [2.75, 3.05) is 0 Å². The summed E-state index contributed by atoms with van der Waals surface area (Å²) >= 11 is 2.16. The molecule has 10 heavy (non-hydrogen) atoms. The molecule has 0 spiro atoms. The van der Waals surface area contributed by atoms with Crippen molar-refractivity contribution in [3.8, 4) is 0 Å². The lowest BCUT2D eigenvalue weighted by Crippen LogP contribution is -2.11. The Bertz CT molecular complexity index is 134. The number of halogens is 1. The van der Waals surface area contributed by atoms with Crippen molar-refractivity contribution in [1.29, 1.82) is 0 Å². The van der Waals surface area contributed by atoms with Gasteiger partial charge in [0, 0.05) is 6.42 Å². The summed E-state index contributed by atoms with van der Waals surface area (Å²) in [6, 6.07) is 0. The van der Waals surface area contributed by atoms with Crippen LogP contribution in [0.25, 0.3) is 0 Å². The van der Waals surface area contributed by atoms with Crippen LogP contribution < -0.4 is 5.73 Å². The molecule has 58 valence electrons. The second-order valence-corrected chi connectivity index (χ2v) is 3.02. The third-order valence-corrected chi connectivity index (χ3v) is 1.66. The van der Waals surface area contributed by atoms with Crippen LogP contribution in [0.2, 0.25) is 0 Å². The van der Waals surface area contributed by atoms with Crippen LogP contribution in [-0.2, 0) is 4.79 Å². The zero-order valence-corrected chi connectivity index (χ0v) is 8.17. The molecule has 2 nitrogen and oxygen atoms in total. The Hall–Kier alpha value is -0.0600. The average molecular weight is 253 g/mol. The number of nitrogens with two attached hydrogens (primary N) is 1. The summed E-state index contributed by atoms with van der Waals surface area (Å²) in [5, 5.41) is 0. The molecule has 0 radical (unpaired) electrons. The van der Waals surface area contributed by atoms with Crippen LogP contribution >= 0.6 is 22.6 Å². The topological polar surface area (TPSA) is 43.1 Å². The molecular weight excluding hydrogens is 241 g/mol. The Balaban J connectivity index is 3.39. The summed E-state index contributed by atoms with van der Waals surface area (Å²) < 4.78 is 1.96. The van der Waals surface area contributed by atoms with E-state index in [1.807, 2.05) is 4.08 Å². The first-order chi connectivity index (χ1) is 4.66. The Morgan fingerprint density at radius 3 is 2.80 bits per heavy atom. The van der Waals surface area contributed by atoms with Gasteiger partial charge in [-0.25, -0.2) is 0 Å². The van der Waals surface area contributed by atoms with E-state index in [1.165, 1.54) is 0 Å². The molecule has 0 bridgehead atoms.